The summed E-state index contributed by atoms with van der Waals surface area (Å²) in [5.74, 6) is 0.191. The van der Waals surface area contributed by atoms with Crippen molar-refractivity contribution in [1.82, 2.24) is 14.8 Å². The number of nitrogens with zero attached hydrogens (tertiary/aromatic N) is 3. The van der Waals surface area contributed by atoms with Crippen LogP contribution in [-0.2, 0) is 16.0 Å². The lowest BCUT2D eigenvalue weighted by atomic mass is 10.1. The van der Waals surface area contributed by atoms with Crippen LogP contribution in [-0.4, -0.2) is 66.1 Å². The maximum atomic E-state index is 12.7. The number of hydrogen-bond acceptors (Lipinski definition) is 4. The first-order chi connectivity index (χ1) is 10.8. The fourth-order valence-corrected chi connectivity index (χ4v) is 3.57. The van der Waals surface area contributed by atoms with Crippen LogP contribution in [0.15, 0.2) is 24.5 Å². The minimum Gasteiger partial charge on any atom is -0.380 e. The van der Waals surface area contributed by atoms with Crippen LogP contribution in [0.3, 0.4) is 0 Å². The molecular weight excluding hydrogens is 278 g/mol. The smallest absolute Gasteiger partial charge is 0.227 e. The maximum Gasteiger partial charge on any atom is 0.227 e. The van der Waals surface area contributed by atoms with Gasteiger partial charge in [-0.15, -0.1) is 0 Å². The van der Waals surface area contributed by atoms with E-state index in [1.165, 1.54) is 25.9 Å². The Labute approximate surface area is 132 Å². The predicted molar refractivity (Wildman–Crippen MR) is 84.5 cm³/mol. The van der Waals surface area contributed by atoms with Crippen molar-refractivity contribution in [2.24, 2.45) is 0 Å². The molecule has 3 rings (SSSR count). The summed E-state index contributed by atoms with van der Waals surface area (Å²) in [6, 6.07) is 4.13. The number of aromatic nitrogens is 1. The standard InChI is InChI=1S/C17H25N3O2/c1-22-16-10-15(12-19-7-2-3-8-19)20(13-16)17(21)9-14-5-4-6-18-11-14/h4-6,11,15-16H,2-3,7-10,12-13H2,1H3/t15-,16-/m0/s1. The lowest BCUT2D eigenvalue weighted by molar-refractivity contribution is -0.131. The molecule has 5 nitrogen and oxygen atoms in total. The van der Waals surface area contributed by atoms with Gasteiger partial charge in [-0.05, 0) is 44.0 Å². The van der Waals surface area contributed by atoms with Crippen LogP contribution >= 0.6 is 0 Å². The number of likely N-dealkylation sites (tertiary alicyclic amines) is 2. The minimum absolute atomic E-state index is 0.172. The van der Waals surface area contributed by atoms with Crippen molar-refractivity contribution in [2.75, 3.05) is 33.3 Å². The van der Waals surface area contributed by atoms with E-state index in [-0.39, 0.29) is 18.1 Å². The van der Waals surface area contributed by atoms with Gasteiger partial charge in [-0.1, -0.05) is 6.07 Å². The molecule has 0 bridgehead atoms. The van der Waals surface area contributed by atoms with Gasteiger partial charge < -0.3 is 14.5 Å². The summed E-state index contributed by atoms with van der Waals surface area (Å²) in [6.07, 6.45) is 7.63. The normalized spacial score (nSPS) is 25.8. The molecule has 2 atom stereocenters. The largest absolute Gasteiger partial charge is 0.380 e. The first-order valence-corrected chi connectivity index (χ1v) is 8.20. The van der Waals surface area contributed by atoms with Crippen molar-refractivity contribution in [3.8, 4) is 0 Å². The third kappa shape index (κ3) is 3.65. The summed E-state index contributed by atoms with van der Waals surface area (Å²) in [5, 5.41) is 0. The molecule has 0 saturated carbocycles. The average Bonchev–Trinajstić information content (AvgIpc) is 3.18. The van der Waals surface area contributed by atoms with Crippen molar-refractivity contribution >= 4 is 5.91 Å². The highest BCUT2D eigenvalue weighted by Crippen LogP contribution is 2.23. The van der Waals surface area contributed by atoms with Gasteiger partial charge in [-0.3, -0.25) is 9.78 Å². The van der Waals surface area contributed by atoms with E-state index >= 15 is 0 Å². The summed E-state index contributed by atoms with van der Waals surface area (Å²) in [7, 11) is 1.74. The van der Waals surface area contributed by atoms with E-state index in [4.69, 9.17) is 4.74 Å². The molecule has 22 heavy (non-hydrogen) atoms. The van der Waals surface area contributed by atoms with Gasteiger partial charge in [0.15, 0.2) is 0 Å². The maximum absolute atomic E-state index is 12.7. The Morgan fingerprint density at radius 2 is 2.23 bits per heavy atom. The molecule has 0 aliphatic carbocycles. The monoisotopic (exact) mass is 303 g/mol. The Morgan fingerprint density at radius 1 is 1.41 bits per heavy atom. The van der Waals surface area contributed by atoms with Crippen LogP contribution in [0.25, 0.3) is 0 Å². The van der Waals surface area contributed by atoms with E-state index in [1.54, 1.807) is 19.5 Å². The van der Waals surface area contributed by atoms with Gasteiger partial charge >= 0.3 is 0 Å². The van der Waals surface area contributed by atoms with E-state index in [2.05, 4.69) is 9.88 Å². The Hall–Kier alpha value is -1.46. The second-order valence-corrected chi connectivity index (χ2v) is 6.34. The van der Waals surface area contributed by atoms with Crippen molar-refractivity contribution in [2.45, 2.75) is 37.8 Å². The Balaban J connectivity index is 1.64. The van der Waals surface area contributed by atoms with Gasteiger partial charge in [0.05, 0.1) is 12.5 Å². The van der Waals surface area contributed by atoms with Gasteiger partial charge in [0.2, 0.25) is 5.91 Å². The van der Waals surface area contributed by atoms with Crippen LogP contribution in [0, 0.1) is 0 Å². The van der Waals surface area contributed by atoms with E-state index in [0.717, 1.165) is 18.5 Å². The summed E-state index contributed by atoms with van der Waals surface area (Å²) in [6.45, 7) is 4.03. The van der Waals surface area contributed by atoms with Crippen molar-refractivity contribution < 1.29 is 9.53 Å². The van der Waals surface area contributed by atoms with Crippen LogP contribution in [0.2, 0.25) is 0 Å². The third-order valence-electron chi connectivity index (χ3n) is 4.78. The molecule has 2 fully saturated rings. The molecule has 2 aliphatic rings. The number of methoxy groups -OCH3 is 1. The van der Waals surface area contributed by atoms with Crippen LogP contribution in [0.1, 0.15) is 24.8 Å². The number of amides is 1. The fraction of sp³-hybridized carbons (Fsp3) is 0.647. The molecule has 3 heterocycles. The number of carbonyl (C=O) groups is 1. The Bertz CT molecular complexity index is 488. The molecule has 0 N–H and O–H groups in total. The van der Waals surface area contributed by atoms with Crippen molar-refractivity contribution in [3.05, 3.63) is 30.1 Å². The summed E-state index contributed by atoms with van der Waals surface area (Å²) >= 11 is 0. The summed E-state index contributed by atoms with van der Waals surface area (Å²) in [5.41, 5.74) is 0.980. The lowest BCUT2D eigenvalue weighted by Gasteiger charge is -2.28. The zero-order chi connectivity index (χ0) is 15.4. The molecule has 1 aromatic heterocycles. The van der Waals surface area contributed by atoms with Crippen LogP contribution < -0.4 is 0 Å². The minimum atomic E-state index is 0.172. The molecule has 0 unspecified atom stereocenters. The lowest BCUT2D eigenvalue weighted by Crippen LogP contribution is -2.43. The molecule has 2 saturated heterocycles. The number of hydrogen-bond donors (Lipinski definition) is 0. The Kier molecular flexibility index (Phi) is 5.05. The zero-order valence-electron chi connectivity index (χ0n) is 13.3. The number of rotatable bonds is 5. The van der Waals surface area contributed by atoms with E-state index < -0.39 is 0 Å². The van der Waals surface area contributed by atoms with Gasteiger partial charge in [-0.25, -0.2) is 0 Å². The Morgan fingerprint density at radius 3 is 2.91 bits per heavy atom. The zero-order valence-corrected chi connectivity index (χ0v) is 13.3. The number of ether oxygens (including phenoxy) is 1. The highest BCUT2D eigenvalue weighted by atomic mass is 16.5. The highest BCUT2D eigenvalue weighted by Gasteiger charge is 2.36. The van der Waals surface area contributed by atoms with E-state index in [1.807, 2.05) is 17.0 Å². The first kappa shape index (κ1) is 15.4. The van der Waals surface area contributed by atoms with E-state index in [9.17, 15) is 4.79 Å². The molecule has 5 heteroatoms. The average molecular weight is 303 g/mol. The second kappa shape index (κ2) is 7.20. The summed E-state index contributed by atoms with van der Waals surface area (Å²) in [4.78, 5) is 21.3. The van der Waals surface area contributed by atoms with Gasteiger partial charge in [-0.2, -0.15) is 0 Å². The van der Waals surface area contributed by atoms with Gasteiger partial charge in [0.25, 0.3) is 0 Å². The SMILES string of the molecule is CO[C@H]1C[C@@H](CN2CCCC2)N(C(=O)Cc2cccnc2)C1. The molecule has 0 spiro atoms. The second-order valence-electron chi connectivity index (χ2n) is 6.34. The number of pyridine rings is 1. The molecule has 2 aliphatic heterocycles. The van der Waals surface area contributed by atoms with Gasteiger partial charge in [0.1, 0.15) is 0 Å². The molecule has 120 valence electrons. The van der Waals surface area contributed by atoms with Gasteiger partial charge in [0, 0.05) is 38.6 Å². The predicted octanol–water partition coefficient (Wildman–Crippen LogP) is 1.34. The fourth-order valence-electron chi connectivity index (χ4n) is 3.57. The number of carbonyl (C=O) groups excluding carboxylic acids is 1. The van der Waals surface area contributed by atoms with Crippen LogP contribution in [0.5, 0.6) is 0 Å². The molecular formula is C17H25N3O2. The first-order valence-electron chi connectivity index (χ1n) is 8.20. The molecule has 1 amide bonds. The highest BCUT2D eigenvalue weighted by molar-refractivity contribution is 5.79. The molecule has 1 aromatic rings. The summed E-state index contributed by atoms with van der Waals surface area (Å²) < 4.78 is 5.51. The van der Waals surface area contributed by atoms with Crippen molar-refractivity contribution in [1.29, 1.82) is 0 Å². The van der Waals surface area contributed by atoms with E-state index in [0.29, 0.717) is 13.0 Å². The quantitative estimate of drug-likeness (QED) is 0.823. The molecule has 0 radical (unpaired) electrons. The van der Waals surface area contributed by atoms with Crippen molar-refractivity contribution in [3.63, 3.8) is 0 Å². The third-order valence-corrected chi connectivity index (χ3v) is 4.78. The van der Waals surface area contributed by atoms with Crippen LogP contribution in [0.4, 0.5) is 0 Å². The topological polar surface area (TPSA) is 45.7 Å². The molecule has 0 aromatic carbocycles.